The lowest BCUT2D eigenvalue weighted by Crippen LogP contribution is -2.13. The fourth-order valence-electron chi connectivity index (χ4n) is 2.52. The molecule has 96 valence electrons. The first-order valence-corrected chi connectivity index (χ1v) is 6.31. The second-order valence-corrected chi connectivity index (χ2v) is 5.08. The Hall–Kier alpha value is -1.96. The van der Waals surface area contributed by atoms with Gasteiger partial charge in [0, 0.05) is 6.42 Å². The SMILES string of the molecule is CC(F)(F)Cc1cccc2cc3ccccc3cc12. The highest BCUT2D eigenvalue weighted by atomic mass is 19.3. The molecule has 0 saturated carbocycles. The third-order valence-electron chi connectivity index (χ3n) is 3.34. The number of rotatable bonds is 2. The molecule has 0 aliphatic carbocycles. The van der Waals surface area contributed by atoms with Gasteiger partial charge in [0.1, 0.15) is 0 Å². The van der Waals surface area contributed by atoms with Crippen LogP contribution in [0.1, 0.15) is 12.5 Å². The van der Waals surface area contributed by atoms with E-state index in [-0.39, 0.29) is 6.42 Å². The summed E-state index contributed by atoms with van der Waals surface area (Å²) in [5.74, 6) is -2.68. The first-order chi connectivity index (χ1) is 9.03. The molecule has 0 nitrogen and oxygen atoms in total. The largest absolute Gasteiger partial charge is 0.249 e. The van der Waals surface area contributed by atoms with Crippen LogP contribution in [-0.2, 0) is 6.42 Å². The maximum atomic E-state index is 13.2. The molecule has 0 amide bonds. The van der Waals surface area contributed by atoms with E-state index in [0.717, 1.165) is 28.5 Å². The van der Waals surface area contributed by atoms with Gasteiger partial charge in [-0.15, -0.1) is 0 Å². The lowest BCUT2D eigenvalue weighted by atomic mass is 9.97. The van der Waals surface area contributed by atoms with E-state index >= 15 is 0 Å². The number of hydrogen-bond donors (Lipinski definition) is 0. The second-order valence-electron chi connectivity index (χ2n) is 5.08. The zero-order valence-electron chi connectivity index (χ0n) is 10.7. The zero-order chi connectivity index (χ0) is 13.5. The average Bonchev–Trinajstić information content (AvgIpc) is 2.35. The molecule has 0 bridgehead atoms. The fraction of sp³-hybridized carbons (Fsp3) is 0.176. The van der Waals surface area contributed by atoms with Crippen LogP contribution in [-0.4, -0.2) is 5.92 Å². The van der Waals surface area contributed by atoms with Crippen LogP contribution in [0.15, 0.2) is 54.6 Å². The Morgan fingerprint density at radius 3 is 2.16 bits per heavy atom. The van der Waals surface area contributed by atoms with E-state index < -0.39 is 5.92 Å². The molecule has 0 saturated heterocycles. The van der Waals surface area contributed by atoms with E-state index in [0.29, 0.717) is 5.56 Å². The minimum absolute atomic E-state index is 0.220. The average molecular weight is 256 g/mol. The standard InChI is InChI=1S/C17H14F2/c1-17(18,19)11-15-8-4-7-14-9-12-5-2-3-6-13(12)10-16(14)15/h2-10H,11H2,1H3. The molecule has 19 heavy (non-hydrogen) atoms. The van der Waals surface area contributed by atoms with Crippen LogP contribution in [0.5, 0.6) is 0 Å². The van der Waals surface area contributed by atoms with Gasteiger partial charge in [-0.2, -0.15) is 0 Å². The lowest BCUT2D eigenvalue weighted by Gasteiger charge is -2.13. The predicted octanol–water partition coefficient (Wildman–Crippen LogP) is 5.19. The molecule has 3 rings (SSSR count). The smallest absolute Gasteiger partial charge is 0.207 e. The van der Waals surface area contributed by atoms with Crippen LogP contribution in [0.2, 0.25) is 0 Å². The van der Waals surface area contributed by atoms with Crippen molar-refractivity contribution in [2.45, 2.75) is 19.3 Å². The van der Waals surface area contributed by atoms with Crippen molar-refractivity contribution in [1.29, 1.82) is 0 Å². The van der Waals surface area contributed by atoms with Crippen molar-refractivity contribution in [2.24, 2.45) is 0 Å². The summed E-state index contributed by atoms with van der Waals surface area (Å²) in [5, 5.41) is 4.15. The molecule has 0 atom stereocenters. The summed E-state index contributed by atoms with van der Waals surface area (Å²) in [5.41, 5.74) is 0.704. The first kappa shape index (κ1) is 12.1. The van der Waals surface area contributed by atoms with Crippen LogP contribution in [0, 0.1) is 0 Å². The second kappa shape index (κ2) is 4.30. The van der Waals surface area contributed by atoms with E-state index in [1.54, 1.807) is 6.07 Å². The summed E-state index contributed by atoms with van der Waals surface area (Å²) >= 11 is 0. The van der Waals surface area contributed by atoms with Gasteiger partial charge in [0.15, 0.2) is 0 Å². The molecule has 3 aromatic carbocycles. The van der Waals surface area contributed by atoms with Gasteiger partial charge in [-0.3, -0.25) is 0 Å². The molecule has 3 aromatic rings. The molecule has 0 fully saturated rings. The van der Waals surface area contributed by atoms with E-state index in [1.807, 2.05) is 42.5 Å². The molecule has 0 N–H and O–H groups in total. The molecule has 0 aromatic heterocycles. The van der Waals surface area contributed by atoms with Gasteiger partial charge in [-0.05, 0) is 46.2 Å². The van der Waals surface area contributed by atoms with Crippen molar-refractivity contribution >= 4 is 21.5 Å². The minimum atomic E-state index is -2.68. The van der Waals surface area contributed by atoms with Gasteiger partial charge >= 0.3 is 0 Å². The Morgan fingerprint density at radius 1 is 0.842 bits per heavy atom. The molecule has 2 heteroatoms. The molecule has 0 spiro atoms. The lowest BCUT2D eigenvalue weighted by molar-refractivity contribution is 0.0229. The van der Waals surface area contributed by atoms with Gasteiger partial charge in [-0.1, -0.05) is 42.5 Å². The molecular formula is C17H14F2. The number of fused-ring (bicyclic) bond motifs is 2. The Bertz CT molecular complexity index is 739. The number of alkyl halides is 2. The summed E-state index contributed by atoms with van der Waals surface area (Å²) in [6, 6.07) is 17.7. The van der Waals surface area contributed by atoms with Crippen LogP contribution in [0.25, 0.3) is 21.5 Å². The minimum Gasteiger partial charge on any atom is -0.207 e. The Labute approximate surface area is 110 Å². The zero-order valence-corrected chi connectivity index (χ0v) is 10.7. The van der Waals surface area contributed by atoms with E-state index in [4.69, 9.17) is 0 Å². The third-order valence-corrected chi connectivity index (χ3v) is 3.34. The summed E-state index contributed by atoms with van der Waals surface area (Å²) in [6.45, 7) is 0.965. The molecule has 0 heterocycles. The summed E-state index contributed by atoms with van der Waals surface area (Å²) in [6.07, 6.45) is -0.220. The molecule has 0 aliphatic heterocycles. The predicted molar refractivity (Wildman–Crippen MR) is 75.8 cm³/mol. The fourth-order valence-corrected chi connectivity index (χ4v) is 2.52. The van der Waals surface area contributed by atoms with Crippen molar-refractivity contribution in [1.82, 2.24) is 0 Å². The normalized spacial score (nSPS) is 12.2. The highest BCUT2D eigenvalue weighted by Gasteiger charge is 2.22. The summed E-state index contributed by atoms with van der Waals surface area (Å²) in [4.78, 5) is 0. The van der Waals surface area contributed by atoms with Gasteiger partial charge < -0.3 is 0 Å². The van der Waals surface area contributed by atoms with Crippen LogP contribution < -0.4 is 0 Å². The van der Waals surface area contributed by atoms with Gasteiger partial charge in [0.2, 0.25) is 5.92 Å². The number of benzene rings is 3. The van der Waals surface area contributed by atoms with Gasteiger partial charge in [0.05, 0.1) is 0 Å². The number of halogens is 2. The van der Waals surface area contributed by atoms with Gasteiger partial charge in [-0.25, -0.2) is 8.78 Å². The van der Waals surface area contributed by atoms with Crippen LogP contribution in [0.4, 0.5) is 8.78 Å². The van der Waals surface area contributed by atoms with Crippen molar-refractivity contribution < 1.29 is 8.78 Å². The highest BCUT2D eigenvalue weighted by Crippen LogP contribution is 2.29. The van der Waals surface area contributed by atoms with Crippen molar-refractivity contribution in [3.63, 3.8) is 0 Å². The molecule has 0 unspecified atom stereocenters. The van der Waals surface area contributed by atoms with Crippen molar-refractivity contribution in [3.8, 4) is 0 Å². The first-order valence-electron chi connectivity index (χ1n) is 6.31. The summed E-state index contributed by atoms with van der Waals surface area (Å²) < 4.78 is 26.5. The maximum Gasteiger partial charge on any atom is 0.249 e. The Morgan fingerprint density at radius 2 is 1.47 bits per heavy atom. The number of hydrogen-bond acceptors (Lipinski definition) is 0. The monoisotopic (exact) mass is 256 g/mol. The van der Waals surface area contributed by atoms with Crippen molar-refractivity contribution in [2.75, 3.05) is 0 Å². The van der Waals surface area contributed by atoms with Crippen molar-refractivity contribution in [3.05, 3.63) is 60.2 Å². The van der Waals surface area contributed by atoms with E-state index in [9.17, 15) is 8.78 Å². The highest BCUT2D eigenvalue weighted by molar-refractivity contribution is 5.99. The van der Waals surface area contributed by atoms with Gasteiger partial charge in [0.25, 0.3) is 0 Å². The Balaban J connectivity index is 2.26. The Kier molecular flexibility index (Phi) is 2.74. The van der Waals surface area contributed by atoms with E-state index in [2.05, 4.69) is 6.07 Å². The summed E-state index contributed by atoms with van der Waals surface area (Å²) in [7, 11) is 0. The third kappa shape index (κ3) is 2.43. The quantitative estimate of drug-likeness (QED) is 0.553. The van der Waals surface area contributed by atoms with E-state index in [1.165, 1.54) is 0 Å². The van der Waals surface area contributed by atoms with Crippen LogP contribution in [0.3, 0.4) is 0 Å². The molecule has 0 radical (unpaired) electrons. The maximum absolute atomic E-state index is 13.2. The molecular weight excluding hydrogens is 242 g/mol. The van der Waals surface area contributed by atoms with Crippen LogP contribution >= 0.6 is 0 Å². The topological polar surface area (TPSA) is 0 Å². The molecule has 0 aliphatic rings.